The van der Waals surface area contributed by atoms with Crippen molar-refractivity contribution in [1.82, 2.24) is 24.7 Å². The van der Waals surface area contributed by atoms with E-state index in [0.29, 0.717) is 31.1 Å². The van der Waals surface area contributed by atoms with Crippen molar-refractivity contribution in [2.45, 2.75) is 26.3 Å². The second-order valence-corrected chi connectivity index (χ2v) is 6.64. The molecule has 0 N–H and O–H groups in total. The van der Waals surface area contributed by atoms with Crippen molar-refractivity contribution in [1.29, 1.82) is 0 Å². The molecule has 1 atom stereocenters. The predicted octanol–water partition coefficient (Wildman–Crippen LogP) is 0.292. The van der Waals surface area contributed by atoms with Gasteiger partial charge in [-0.3, -0.25) is 9.59 Å². The topological polar surface area (TPSA) is 99.3 Å². The molecule has 9 nitrogen and oxygen atoms in total. The minimum absolute atomic E-state index is 0.195. The summed E-state index contributed by atoms with van der Waals surface area (Å²) in [6, 6.07) is 3.56. The second-order valence-electron chi connectivity index (χ2n) is 5.71. The number of thiophene rings is 1. The maximum atomic E-state index is 12.5. The van der Waals surface area contributed by atoms with E-state index in [1.54, 1.807) is 24.0 Å². The van der Waals surface area contributed by atoms with Gasteiger partial charge in [-0.15, -0.1) is 11.3 Å². The van der Waals surface area contributed by atoms with Gasteiger partial charge >= 0.3 is 11.7 Å². The quantitative estimate of drug-likeness (QED) is 0.706. The van der Waals surface area contributed by atoms with Crippen molar-refractivity contribution < 1.29 is 14.3 Å². The smallest absolute Gasteiger partial charge is 0.369 e. The maximum Gasteiger partial charge on any atom is 0.369 e. The lowest BCUT2D eigenvalue weighted by Crippen LogP contribution is -2.45. The van der Waals surface area contributed by atoms with Gasteiger partial charge in [-0.1, -0.05) is 0 Å². The fourth-order valence-electron chi connectivity index (χ4n) is 2.79. The molecule has 0 bridgehead atoms. The van der Waals surface area contributed by atoms with Crippen LogP contribution in [0.5, 0.6) is 0 Å². The third-order valence-electron chi connectivity index (χ3n) is 4.03. The van der Waals surface area contributed by atoms with Gasteiger partial charge in [0.05, 0.1) is 12.5 Å². The zero-order valence-corrected chi connectivity index (χ0v) is 14.6. The van der Waals surface area contributed by atoms with E-state index in [-0.39, 0.29) is 24.3 Å². The van der Waals surface area contributed by atoms with Gasteiger partial charge < -0.3 is 9.64 Å². The molecule has 1 aliphatic rings. The first-order chi connectivity index (χ1) is 12.1. The maximum absolute atomic E-state index is 12.5. The standard InChI is InChI=1S/C15H19N5O4S/c1-2-24-14(22)11-5-3-7-18(9-11)12(21)10-19-15(23)20(17-16-19)13-6-4-8-25-13/h4,6,8,11H,2-3,5,7,9-10H2,1H3/t11-/m0/s1. The van der Waals surface area contributed by atoms with Crippen LogP contribution in [0, 0.1) is 5.92 Å². The van der Waals surface area contributed by atoms with Gasteiger partial charge in [-0.05, 0) is 47.7 Å². The van der Waals surface area contributed by atoms with Gasteiger partial charge in [0, 0.05) is 13.1 Å². The molecule has 0 aliphatic carbocycles. The van der Waals surface area contributed by atoms with Crippen molar-refractivity contribution in [2.75, 3.05) is 19.7 Å². The summed E-state index contributed by atoms with van der Waals surface area (Å²) >= 11 is 1.36. The number of esters is 1. The highest BCUT2D eigenvalue weighted by Gasteiger charge is 2.29. The first-order valence-corrected chi connectivity index (χ1v) is 8.99. The summed E-state index contributed by atoms with van der Waals surface area (Å²) in [5.74, 6) is -0.841. The van der Waals surface area contributed by atoms with Gasteiger partial charge in [0.15, 0.2) is 0 Å². The minimum Gasteiger partial charge on any atom is -0.466 e. The number of ether oxygens (including phenoxy) is 1. The van der Waals surface area contributed by atoms with Crippen LogP contribution in [0.1, 0.15) is 19.8 Å². The summed E-state index contributed by atoms with van der Waals surface area (Å²) in [4.78, 5) is 38.2. The monoisotopic (exact) mass is 365 g/mol. The van der Waals surface area contributed by atoms with Gasteiger partial charge in [0.1, 0.15) is 11.5 Å². The zero-order chi connectivity index (χ0) is 17.8. The fraction of sp³-hybridized carbons (Fsp3) is 0.533. The lowest BCUT2D eigenvalue weighted by atomic mass is 9.98. The first kappa shape index (κ1) is 17.3. The normalized spacial score (nSPS) is 17.5. The molecule has 134 valence electrons. The largest absolute Gasteiger partial charge is 0.466 e. The number of carbonyl (C=O) groups is 2. The van der Waals surface area contributed by atoms with Gasteiger partial charge in [0.2, 0.25) is 5.91 Å². The highest BCUT2D eigenvalue weighted by atomic mass is 32.1. The summed E-state index contributed by atoms with van der Waals surface area (Å²) in [6.07, 6.45) is 1.43. The van der Waals surface area contributed by atoms with E-state index < -0.39 is 5.69 Å². The van der Waals surface area contributed by atoms with Crippen molar-refractivity contribution in [3.63, 3.8) is 0 Å². The average molecular weight is 365 g/mol. The van der Waals surface area contributed by atoms with E-state index in [4.69, 9.17) is 4.74 Å². The molecule has 2 aromatic heterocycles. The van der Waals surface area contributed by atoms with Gasteiger partial charge in [-0.2, -0.15) is 9.36 Å². The molecule has 0 spiro atoms. The third-order valence-corrected chi connectivity index (χ3v) is 4.88. The molecule has 0 saturated carbocycles. The number of hydrogen-bond donors (Lipinski definition) is 0. The molecule has 1 aliphatic heterocycles. The van der Waals surface area contributed by atoms with Gasteiger partial charge in [0.25, 0.3) is 0 Å². The summed E-state index contributed by atoms with van der Waals surface area (Å²) in [6.45, 7) is 2.76. The Bertz CT molecular complexity index is 797. The Balaban J connectivity index is 1.66. The minimum atomic E-state index is -0.463. The third kappa shape index (κ3) is 3.78. The average Bonchev–Trinajstić information content (AvgIpc) is 3.26. The van der Waals surface area contributed by atoms with E-state index in [0.717, 1.165) is 15.8 Å². The molecule has 0 radical (unpaired) electrons. The number of tetrazole rings is 1. The van der Waals surface area contributed by atoms with Crippen LogP contribution < -0.4 is 5.69 Å². The van der Waals surface area contributed by atoms with Crippen molar-refractivity contribution in [2.24, 2.45) is 5.92 Å². The number of piperidine rings is 1. The highest BCUT2D eigenvalue weighted by Crippen LogP contribution is 2.18. The number of aromatic nitrogens is 4. The number of rotatable bonds is 5. The summed E-state index contributed by atoms with van der Waals surface area (Å²) in [5, 5.41) is 10.1. The molecular weight excluding hydrogens is 346 g/mol. The first-order valence-electron chi connectivity index (χ1n) is 8.11. The predicted molar refractivity (Wildman–Crippen MR) is 89.4 cm³/mol. The molecule has 1 saturated heterocycles. The Morgan fingerprint density at radius 1 is 1.40 bits per heavy atom. The van der Waals surface area contributed by atoms with Crippen LogP contribution in [0.3, 0.4) is 0 Å². The second kappa shape index (κ2) is 7.60. The van der Waals surface area contributed by atoms with Crippen LogP contribution in [-0.4, -0.2) is 56.3 Å². The molecular formula is C15H19N5O4S. The van der Waals surface area contributed by atoms with E-state index >= 15 is 0 Å². The Hall–Kier alpha value is -2.49. The van der Waals surface area contributed by atoms with Crippen LogP contribution >= 0.6 is 11.3 Å². The summed E-state index contributed by atoms with van der Waals surface area (Å²) in [5.41, 5.74) is -0.463. The Kier molecular flexibility index (Phi) is 5.27. The molecule has 1 fully saturated rings. The highest BCUT2D eigenvalue weighted by molar-refractivity contribution is 7.12. The van der Waals surface area contributed by atoms with Crippen molar-refractivity contribution in [3.05, 3.63) is 28.0 Å². The lowest BCUT2D eigenvalue weighted by molar-refractivity contribution is -0.151. The lowest BCUT2D eigenvalue weighted by Gasteiger charge is -2.31. The van der Waals surface area contributed by atoms with Crippen LogP contribution in [0.4, 0.5) is 0 Å². The summed E-state index contributed by atoms with van der Waals surface area (Å²) < 4.78 is 7.23. The van der Waals surface area contributed by atoms with Crippen LogP contribution in [0.25, 0.3) is 5.00 Å². The van der Waals surface area contributed by atoms with E-state index in [1.807, 2.05) is 5.38 Å². The summed E-state index contributed by atoms with van der Waals surface area (Å²) in [7, 11) is 0. The SMILES string of the molecule is CCOC(=O)[C@H]1CCCN(C(=O)Cn2nnn(-c3cccs3)c2=O)C1. The molecule has 3 rings (SSSR count). The Morgan fingerprint density at radius 3 is 2.96 bits per heavy atom. The Labute approximate surface area is 147 Å². The van der Waals surface area contributed by atoms with Crippen molar-refractivity contribution >= 4 is 23.2 Å². The van der Waals surface area contributed by atoms with Crippen LogP contribution in [0.2, 0.25) is 0 Å². The van der Waals surface area contributed by atoms with Crippen LogP contribution in [-0.2, 0) is 20.9 Å². The number of nitrogens with zero attached hydrogens (tertiary/aromatic N) is 5. The molecule has 3 heterocycles. The molecule has 10 heteroatoms. The van der Waals surface area contributed by atoms with Crippen molar-refractivity contribution in [3.8, 4) is 5.00 Å². The van der Waals surface area contributed by atoms with E-state index in [1.165, 1.54) is 11.3 Å². The molecule has 2 aromatic rings. The molecule has 1 amide bonds. The molecule has 0 unspecified atom stereocenters. The molecule has 0 aromatic carbocycles. The number of amides is 1. The Morgan fingerprint density at radius 2 is 2.24 bits per heavy atom. The number of hydrogen-bond acceptors (Lipinski definition) is 7. The van der Waals surface area contributed by atoms with E-state index in [9.17, 15) is 14.4 Å². The number of carbonyl (C=O) groups excluding carboxylic acids is 2. The van der Waals surface area contributed by atoms with E-state index in [2.05, 4.69) is 10.4 Å². The molecule has 25 heavy (non-hydrogen) atoms. The van der Waals surface area contributed by atoms with Gasteiger partial charge in [-0.25, -0.2) is 4.79 Å². The zero-order valence-electron chi connectivity index (χ0n) is 13.8. The van der Waals surface area contributed by atoms with Crippen LogP contribution in [0.15, 0.2) is 22.3 Å². The fourth-order valence-corrected chi connectivity index (χ4v) is 3.45. The number of likely N-dealkylation sites (tertiary alicyclic amines) is 1.